The van der Waals surface area contributed by atoms with E-state index >= 15 is 0 Å². The number of hydrogen-bond acceptors (Lipinski definition) is 3. The summed E-state index contributed by atoms with van der Waals surface area (Å²) in [6.45, 7) is 3.33. The highest BCUT2D eigenvalue weighted by molar-refractivity contribution is 5.96. The lowest BCUT2D eigenvalue weighted by Crippen LogP contribution is -2.30. The first-order valence-corrected chi connectivity index (χ1v) is 5.83. The molecule has 0 aliphatic carbocycles. The number of ketones is 1. The second-order valence-electron chi connectivity index (χ2n) is 4.25. The van der Waals surface area contributed by atoms with Gasteiger partial charge in [-0.1, -0.05) is 12.1 Å². The summed E-state index contributed by atoms with van der Waals surface area (Å²) >= 11 is 0. The van der Waals surface area contributed by atoms with E-state index in [0.717, 1.165) is 0 Å². The van der Waals surface area contributed by atoms with Crippen LogP contribution >= 0.6 is 0 Å². The molecule has 94 valence electrons. The fourth-order valence-electron chi connectivity index (χ4n) is 1.64. The molecule has 0 saturated carbocycles. The first-order valence-electron chi connectivity index (χ1n) is 5.83. The van der Waals surface area contributed by atoms with Crippen molar-refractivity contribution < 1.29 is 9.59 Å². The summed E-state index contributed by atoms with van der Waals surface area (Å²) in [4.78, 5) is 22.7. The Hall–Kier alpha value is -2.15. The highest BCUT2D eigenvalue weighted by atomic mass is 16.1. The average Bonchev–Trinajstić information content (AvgIpc) is 2.35. The molecular formula is C14H16N2O2. The fourth-order valence-corrected chi connectivity index (χ4v) is 1.64. The molecule has 0 spiro atoms. The van der Waals surface area contributed by atoms with Crippen LogP contribution in [0.25, 0.3) is 0 Å². The van der Waals surface area contributed by atoms with E-state index in [0.29, 0.717) is 24.0 Å². The Morgan fingerprint density at radius 2 is 1.94 bits per heavy atom. The van der Waals surface area contributed by atoms with Gasteiger partial charge < -0.3 is 5.32 Å². The van der Waals surface area contributed by atoms with E-state index in [2.05, 4.69) is 5.32 Å². The van der Waals surface area contributed by atoms with E-state index in [1.165, 1.54) is 6.92 Å². The lowest BCUT2D eigenvalue weighted by atomic mass is 10.0. The van der Waals surface area contributed by atoms with Crippen molar-refractivity contribution in [1.29, 1.82) is 5.26 Å². The summed E-state index contributed by atoms with van der Waals surface area (Å²) in [6.07, 6.45) is 0.992. The smallest absolute Gasteiger partial charge is 0.217 e. The van der Waals surface area contributed by atoms with E-state index in [1.54, 1.807) is 24.3 Å². The largest absolute Gasteiger partial charge is 0.354 e. The summed E-state index contributed by atoms with van der Waals surface area (Å²) in [7, 11) is 0. The number of Topliss-reactive ketones (excluding diaryl/α,β-unsaturated/α-hetero) is 1. The van der Waals surface area contributed by atoms with Gasteiger partial charge in [0.25, 0.3) is 0 Å². The van der Waals surface area contributed by atoms with E-state index in [-0.39, 0.29) is 17.7 Å². The molecule has 1 atom stereocenters. The monoisotopic (exact) mass is 244 g/mol. The summed E-state index contributed by atoms with van der Waals surface area (Å²) in [5.74, 6) is -0.0648. The number of nitrogens with zero attached hydrogens (tertiary/aromatic N) is 1. The Bertz CT molecular complexity index is 472. The van der Waals surface area contributed by atoms with E-state index in [4.69, 9.17) is 5.26 Å². The zero-order valence-electron chi connectivity index (χ0n) is 10.6. The third-order valence-electron chi connectivity index (χ3n) is 2.59. The molecule has 0 fully saturated rings. The van der Waals surface area contributed by atoms with Gasteiger partial charge in [-0.2, -0.15) is 5.26 Å². The number of nitrogens with one attached hydrogen (secondary N) is 1. The van der Waals surface area contributed by atoms with Gasteiger partial charge >= 0.3 is 0 Å². The molecule has 1 rings (SSSR count). The molecule has 0 heterocycles. The van der Waals surface area contributed by atoms with Crippen LogP contribution < -0.4 is 5.32 Å². The van der Waals surface area contributed by atoms with E-state index in [1.807, 2.05) is 13.0 Å². The lowest BCUT2D eigenvalue weighted by molar-refractivity contribution is -0.119. The van der Waals surface area contributed by atoms with Gasteiger partial charge in [-0.3, -0.25) is 9.59 Å². The molecule has 0 saturated heterocycles. The van der Waals surface area contributed by atoms with Crippen LogP contribution in [-0.2, 0) is 4.79 Å². The van der Waals surface area contributed by atoms with Crippen LogP contribution in [-0.4, -0.2) is 17.7 Å². The third kappa shape index (κ3) is 4.38. The Morgan fingerprint density at radius 1 is 1.33 bits per heavy atom. The van der Waals surface area contributed by atoms with E-state index < -0.39 is 0 Å². The molecule has 1 unspecified atom stereocenters. The van der Waals surface area contributed by atoms with Gasteiger partial charge in [0, 0.05) is 24.9 Å². The number of hydrogen-bond donors (Lipinski definition) is 1. The number of carbonyl (C=O) groups is 2. The highest BCUT2D eigenvalue weighted by Gasteiger charge is 2.09. The van der Waals surface area contributed by atoms with Gasteiger partial charge in [0.15, 0.2) is 5.78 Å². The maximum Gasteiger partial charge on any atom is 0.217 e. The summed E-state index contributed by atoms with van der Waals surface area (Å²) in [6, 6.07) is 8.57. The SMILES string of the molecule is CC(=O)NC(C)CCC(=O)c1ccc(C#N)cc1. The Labute approximate surface area is 107 Å². The van der Waals surface area contributed by atoms with Crippen LogP contribution in [0, 0.1) is 11.3 Å². The minimum atomic E-state index is -0.0895. The van der Waals surface area contributed by atoms with E-state index in [9.17, 15) is 9.59 Å². The van der Waals surface area contributed by atoms with Crippen molar-refractivity contribution in [2.45, 2.75) is 32.7 Å². The summed E-state index contributed by atoms with van der Waals surface area (Å²) in [5, 5.41) is 11.4. The van der Waals surface area contributed by atoms with Gasteiger partial charge in [0.1, 0.15) is 0 Å². The van der Waals surface area contributed by atoms with Gasteiger partial charge in [-0.25, -0.2) is 0 Å². The highest BCUT2D eigenvalue weighted by Crippen LogP contribution is 2.09. The molecule has 0 aliphatic rings. The Balaban J connectivity index is 2.50. The number of carbonyl (C=O) groups excluding carboxylic acids is 2. The van der Waals surface area contributed by atoms with Crippen LogP contribution in [0.1, 0.15) is 42.6 Å². The van der Waals surface area contributed by atoms with Crippen LogP contribution in [0.3, 0.4) is 0 Å². The van der Waals surface area contributed by atoms with Crippen molar-refractivity contribution in [3.05, 3.63) is 35.4 Å². The first-order chi connectivity index (χ1) is 8.52. The Kier molecular flexibility index (Phi) is 5.06. The molecule has 1 N–H and O–H groups in total. The van der Waals surface area contributed by atoms with Gasteiger partial charge in [0.2, 0.25) is 5.91 Å². The van der Waals surface area contributed by atoms with Crippen LogP contribution in [0.2, 0.25) is 0 Å². The lowest BCUT2D eigenvalue weighted by Gasteiger charge is -2.11. The minimum absolute atomic E-state index is 0.00942. The maximum absolute atomic E-state index is 11.8. The van der Waals surface area contributed by atoms with Crippen LogP contribution in [0.5, 0.6) is 0 Å². The second-order valence-corrected chi connectivity index (χ2v) is 4.25. The molecule has 0 bridgehead atoms. The van der Waals surface area contributed by atoms with Crippen LogP contribution in [0.15, 0.2) is 24.3 Å². The van der Waals surface area contributed by atoms with Gasteiger partial charge in [-0.15, -0.1) is 0 Å². The average molecular weight is 244 g/mol. The molecule has 4 nitrogen and oxygen atoms in total. The van der Waals surface area contributed by atoms with Gasteiger partial charge in [0.05, 0.1) is 11.6 Å². The predicted octanol–water partition coefficient (Wildman–Crippen LogP) is 2.05. The zero-order valence-corrected chi connectivity index (χ0v) is 10.6. The topological polar surface area (TPSA) is 70.0 Å². The second kappa shape index (κ2) is 6.55. The maximum atomic E-state index is 11.8. The molecule has 1 aromatic rings. The van der Waals surface area contributed by atoms with Crippen molar-refractivity contribution in [1.82, 2.24) is 5.32 Å². The number of rotatable bonds is 5. The molecule has 1 aromatic carbocycles. The quantitative estimate of drug-likeness (QED) is 0.806. The molecule has 0 aromatic heterocycles. The predicted molar refractivity (Wildman–Crippen MR) is 68.0 cm³/mol. The minimum Gasteiger partial charge on any atom is -0.354 e. The normalized spacial score (nSPS) is 11.4. The number of nitriles is 1. The molecule has 4 heteroatoms. The van der Waals surface area contributed by atoms with Crippen molar-refractivity contribution in [3.8, 4) is 6.07 Å². The molecule has 18 heavy (non-hydrogen) atoms. The van der Waals surface area contributed by atoms with Crippen LogP contribution in [0.4, 0.5) is 0 Å². The first kappa shape index (κ1) is 13.9. The molecule has 1 amide bonds. The standard InChI is InChI=1S/C14H16N2O2/c1-10(16-11(2)17)3-8-14(18)13-6-4-12(9-15)5-7-13/h4-7,10H,3,8H2,1-2H3,(H,16,17). The number of amides is 1. The van der Waals surface area contributed by atoms with Crippen molar-refractivity contribution in [2.75, 3.05) is 0 Å². The Morgan fingerprint density at radius 3 is 2.44 bits per heavy atom. The van der Waals surface area contributed by atoms with Gasteiger partial charge in [-0.05, 0) is 25.5 Å². The fraction of sp³-hybridized carbons (Fsp3) is 0.357. The molecule has 0 aliphatic heterocycles. The summed E-state index contributed by atoms with van der Waals surface area (Å²) in [5.41, 5.74) is 1.14. The molecular weight excluding hydrogens is 228 g/mol. The molecule has 0 radical (unpaired) electrons. The van der Waals surface area contributed by atoms with Crippen molar-refractivity contribution in [2.24, 2.45) is 0 Å². The summed E-state index contributed by atoms with van der Waals surface area (Å²) < 4.78 is 0. The van der Waals surface area contributed by atoms with Crippen molar-refractivity contribution >= 4 is 11.7 Å². The van der Waals surface area contributed by atoms with Crippen molar-refractivity contribution in [3.63, 3.8) is 0 Å². The third-order valence-corrected chi connectivity index (χ3v) is 2.59. The number of benzene rings is 1. The zero-order chi connectivity index (χ0) is 13.5.